The summed E-state index contributed by atoms with van der Waals surface area (Å²) in [5.74, 6) is 0.260. The minimum Gasteiger partial charge on any atom is -0.298 e. The van der Waals surface area contributed by atoms with E-state index in [2.05, 4.69) is 25.7 Å². The fraction of sp³-hybridized carbons (Fsp3) is 1.00. The van der Waals surface area contributed by atoms with E-state index in [0.717, 1.165) is 19.5 Å². The Balaban J connectivity index is 1.99. The lowest BCUT2D eigenvalue weighted by Gasteiger charge is -2.40. The number of hydrogen-bond donors (Lipinski definition) is 0. The summed E-state index contributed by atoms with van der Waals surface area (Å²) in [4.78, 5) is 2.34. The van der Waals surface area contributed by atoms with Crippen molar-refractivity contribution in [3.8, 4) is 0 Å². The molecule has 14 heavy (non-hydrogen) atoms. The van der Waals surface area contributed by atoms with E-state index in [-0.39, 0.29) is 11.5 Å². The van der Waals surface area contributed by atoms with Crippen molar-refractivity contribution in [1.82, 2.24) is 4.90 Å². The molecule has 0 radical (unpaired) electrons. The summed E-state index contributed by atoms with van der Waals surface area (Å²) in [6.07, 6.45) is -0.668. The number of hydrogen-bond acceptors (Lipinski definition) is 1. The van der Waals surface area contributed by atoms with Gasteiger partial charge in [-0.3, -0.25) is 4.90 Å². The molecule has 0 spiro atoms. The molecule has 3 heteroatoms. The molecule has 2 fully saturated rings. The van der Waals surface area contributed by atoms with Crippen LogP contribution in [0, 0.1) is 11.3 Å². The van der Waals surface area contributed by atoms with Gasteiger partial charge in [0.25, 0.3) is 0 Å². The molecule has 1 aliphatic carbocycles. The van der Waals surface area contributed by atoms with Gasteiger partial charge in [-0.05, 0) is 46.1 Å². The topological polar surface area (TPSA) is 3.24 Å². The van der Waals surface area contributed by atoms with Crippen LogP contribution in [0.3, 0.4) is 0 Å². The molecule has 82 valence electrons. The molecule has 2 unspecified atom stereocenters. The second-order valence-electron chi connectivity index (χ2n) is 5.80. The number of nitrogens with zero attached hydrogens (tertiary/aromatic N) is 1. The molecule has 2 aliphatic rings. The van der Waals surface area contributed by atoms with E-state index < -0.39 is 11.8 Å². The van der Waals surface area contributed by atoms with Gasteiger partial charge in [0, 0.05) is 17.5 Å². The van der Waals surface area contributed by atoms with Crippen LogP contribution in [0.2, 0.25) is 0 Å². The third-order valence-corrected chi connectivity index (χ3v) is 3.95. The first-order chi connectivity index (χ1) is 6.36. The highest BCUT2D eigenvalue weighted by Crippen LogP contribution is 2.61. The Morgan fingerprint density at radius 2 is 2.00 bits per heavy atom. The van der Waals surface area contributed by atoms with Gasteiger partial charge < -0.3 is 0 Å². The standard InChI is InChI=1S/C11H19F2N/c1-10(2,3)14-5-4-11(9(12)13)6-8(11)7-14/h8-9H,4-7H2,1-3H3. The van der Waals surface area contributed by atoms with Gasteiger partial charge in [-0.2, -0.15) is 0 Å². The Kier molecular flexibility index (Phi) is 2.15. The largest absolute Gasteiger partial charge is 0.298 e. The zero-order chi connectivity index (χ0) is 10.6. The average molecular weight is 203 g/mol. The Morgan fingerprint density at radius 3 is 2.43 bits per heavy atom. The van der Waals surface area contributed by atoms with E-state index in [0.29, 0.717) is 6.42 Å². The zero-order valence-corrected chi connectivity index (χ0v) is 9.19. The quantitative estimate of drug-likeness (QED) is 0.633. The highest BCUT2D eigenvalue weighted by molar-refractivity contribution is 5.09. The van der Waals surface area contributed by atoms with Crippen LogP contribution in [-0.2, 0) is 0 Å². The Hall–Kier alpha value is -0.180. The molecule has 0 N–H and O–H groups in total. The fourth-order valence-electron chi connectivity index (χ4n) is 2.64. The molecular formula is C11H19F2N. The molecule has 1 saturated carbocycles. The monoisotopic (exact) mass is 203 g/mol. The molecule has 0 aromatic rings. The molecule has 0 bridgehead atoms. The molecular weight excluding hydrogens is 184 g/mol. The van der Waals surface area contributed by atoms with Crippen molar-refractivity contribution in [1.29, 1.82) is 0 Å². The number of alkyl halides is 2. The predicted octanol–water partition coefficient (Wildman–Crippen LogP) is 2.76. The first-order valence-electron chi connectivity index (χ1n) is 5.39. The van der Waals surface area contributed by atoms with Crippen LogP contribution in [0.25, 0.3) is 0 Å². The molecule has 2 atom stereocenters. The van der Waals surface area contributed by atoms with Crippen molar-refractivity contribution in [3.05, 3.63) is 0 Å². The second-order valence-corrected chi connectivity index (χ2v) is 5.80. The maximum absolute atomic E-state index is 12.8. The van der Waals surface area contributed by atoms with Crippen molar-refractivity contribution in [2.24, 2.45) is 11.3 Å². The van der Waals surface area contributed by atoms with Crippen LogP contribution in [0.1, 0.15) is 33.6 Å². The van der Waals surface area contributed by atoms with Crippen LogP contribution in [0.4, 0.5) is 8.78 Å². The van der Waals surface area contributed by atoms with Gasteiger partial charge in [0.05, 0.1) is 0 Å². The molecule has 0 amide bonds. The van der Waals surface area contributed by atoms with Crippen LogP contribution >= 0.6 is 0 Å². The first-order valence-corrected chi connectivity index (χ1v) is 5.39. The fourth-order valence-corrected chi connectivity index (χ4v) is 2.64. The summed E-state index contributed by atoms with van der Waals surface area (Å²) < 4.78 is 25.5. The van der Waals surface area contributed by atoms with Crippen molar-refractivity contribution < 1.29 is 8.78 Å². The summed E-state index contributed by atoms with van der Waals surface area (Å²) in [7, 11) is 0. The first kappa shape index (κ1) is 10.3. The average Bonchev–Trinajstić information content (AvgIpc) is 2.75. The highest BCUT2D eigenvalue weighted by atomic mass is 19.3. The van der Waals surface area contributed by atoms with Gasteiger partial charge in [-0.15, -0.1) is 0 Å². The number of likely N-dealkylation sites (tertiary alicyclic amines) is 1. The highest BCUT2D eigenvalue weighted by Gasteiger charge is 2.62. The minimum absolute atomic E-state index is 0.136. The van der Waals surface area contributed by atoms with E-state index in [4.69, 9.17) is 0 Å². The van der Waals surface area contributed by atoms with E-state index >= 15 is 0 Å². The van der Waals surface area contributed by atoms with Crippen LogP contribution in [0.5, 0.6) is 0 Å². The van der Waals surface area contributed by atoms with Crippen LogP contribution in [0.15, 0.2) is 0 Å². The third kappa shape index (κ3) is 1.46. The van der Waals surface area contributed by atoms with Gasteiger partial charge >= 0.3 is 0 Å². The molecule has 1 aliphatic heterocycles. The SMILES string of the molecule is CC(C)(C)N1CCC2(C(F)F)CC2C1. The summed E-state index contributed by atoms with van der Waals surface area (Å²) in [5.41, 5.74) is -0.446. The number of halogens is 2. The molecule has 1 nitrogen and oxygen atoms in total. The van der Waals surface area contributed by atoms with Crippen molar-refractivity contribution >= 4 is 0 Å². The summed E-state index contributed by atoms with van der Waals surface area (Å²) in [6.45, 7) is 8.18. The third-order valence-electron chi connectivity index (χ3n) is 3.95. The van der Waals surface area contributed by atoms with Crippen LogP contribution < -0.4 is 0 Å². The summed E-state index contributed by atoms with van der Waals surface area (Å²) in [5, 5.41) is 0. The molecule has 2 rings (SSSR count). The molecule has 1 heterocycles. The number of piperidine rings is 1. The molecule has 0 aromatic carbocycles. The Labute approximate surface area is 84.5 Å². The normalized spacial score (nSPS) is 38.6. The lowest BCUT2D eigenvalue weighted by Crippen LogP contribution is -2.47. The van der Waals surface area contributed by atoms with Gasteiger partial charge in [-0.25, -0.2) is 8.78 Å². The predicted molar refractivity (Wildman–Crippen MR) is 52.5 cm³/mol. The molecule has 0 aromatic heterocycles. The Morgan fingerprint density at radius 1 is 1.36 bits per heavy atom. The lowest BCUT2D eigenvalue weighted by molar-refractivity contribution is -0.000653. The van der Waals surface area contributed by atoms with Crippen molar-refractivity contribution in [3.63, 3.8) is 0 Å². The molecule has 1 saturated heterocycles. The van der Waals surface area contributed by atoms with Crippen molar-refractivity contribution in [2.75, 3.05) is 13.1 Å². The summed E-state index contributed by atoms with van der Waals surface area (Å²) >= 11 is 0. The van der Waals surface area contributed by atoms with E-state index in [1.165, 1.54) is 0 Å². The van der Waals surface area contributed by atoms with Crippen molar-refractivity contribution in [2.45, 2.75) is 45.6 Å². The van der Waals surface area contributed by atoms with Gasteiger partial charge in [0.2, 0.25) is 6.43 Å². The minimum atomic E-state index is -2.10. The second kappa shape index (κ2) is 2.91. The van der Waals surface area contributed by atoms with Gasteiger partial charge in [-0.1, -0.05) is 0 Å². The Bertz CT molecular complexity index is 234. The maximum atomic E-state index is 12.8. The maximum Gasteiger partial charge on any atom is 0.244 e. The van der Waals surface area contributed by atoms with Gasteiger partial charge in [0.15, 0.2) is 0 Å². The number of rotatable bonds is 1. The van der Waals surface area contributed by atoms with E-state index in [1.807, 2.05) is 0 Å². The van der Waals surface area contributed by atoms with Gasteiger partial charge in [0.1, 0.15) is 0 Å². The lowest BCUT2D eigenvalue weighted by atomic mass is 9.92. The van der Waals surface area contributed by atoms with E-state index in [9.17, 15) is 8.78 Å². The van der Waals surface area contributed by atoms with Crippen LogP contribution in [-0.4, -0.2) is 30.0 Å². The number of fused-ring (bicyclic) bond motifs is 1. The zero-order valence-electron chi connectivity index (χ0n) is 9.19. The summed E-state index contributed by atoms with van der Waals surface area (Å²) in [6, 6.07) is 0. The smallest absolute Gasteiger partial charge is 0.244 e. The van der Waals surface area contributed by atoms with E-state index in [1.54, 1.807) is 0 Å².